The van der Waals surface area contributed by atoms with Crippen molar-refractivity contribution in [3.05, 3.63) is 36.0 Å². The summed E-state index contributed by atoms with van der Waals surface area (Å²) in [6, 6.07) is 8.09. The number of fused-ring (bicyclic) bond motifs is 1. The van der Waals surface area contributed by atoms with Gasteiger partial charge < -0.3 is 15.4 Å². The predicted molar refractivity (Wildman–Crippen MR) is 80.8 cm³/mol. The third kappa shape index (κ3) is 2.62. The van der Waals surface area contributed by atoms with Crippen molar-refractivity contribution >= 4 is 10.9 Å². The van der Waals surface area contributed by atoms with Gasteiger partial charge in [0.05, 0.1) is 5.52 Å². The Balaban J connectivity index is 1.92. The molecule has 1 aliphatic rings. The number of aromatic nitrogens is 1. The van der Waals surface area contributed by atoms with Gasteiger partial charge in [0, 0.05) is 36.8 Å². The molecular formula is C16H21N3O. The highest BCUT2D eigenvalue weighted by atomic mass is 16.5. The number of ether oxygens (including phenoxy) is 1. The van der Waals surface area contributed by atoms with Crippen molar-refractivity contribution in [2.45, 2.75) is 25.5 Å². The number of benzene rings is 1. The molecule has 0 saturated carbocycles. The number of para-hydroxylation sites is 1. The average molecular weight is 271 g/mol. The van der Waals surface area contributed by atoms with Crippen molar-refractivity contribution in [3.8, 4) is 5.75 Å². The number of nitrogens with zero attached hydrogens (tertiary/aromatic N) is 2. The zero-order valence-electron chi connectivity index (χ0n) is 11.9. The molecule has 3 rings (SSSR count). The molecule has 20 heavy (non-hydrogen) atoms. The molecule has 1 saturated heterocycles. The van der Waals surface area contributed by atoms with Gasteiger partial charge in [-0.3, -0.25) is 4.98 Å². The Morgan fingerprint density at radius 1 is 1.30 bits per heavy atom. The van der Waals surface area contributed by atoms with Crippen LogP contribution in [-0.4, -0.2) is 36.1 Å². The Kier molecular flexibility index (Phi) is 3.85. The summed E-state index contributed by atoms with van der Waals surface area (Å²) in [4.78, 5) is 6.79. The van der Waals surface area contributed by atoms with Crippen molar-refractivity contribution in [1.29, 1.82) is 0 Å². The molecule has 2 heterocycles. The van der Waals surface area contributed by atoms with E-state index in [-0.39, 0.29) is 6.10 Å². The van der Waals surface area contributed by atoms with Crippen molar-refractivity contribution in [1.82, 2.24) is 9.88 Å². The quantitative estimate of drug-likeness (QED) is 0.929. The van der Waals surface area contributed by atoms with Gasteiger partial charge in [-0.25, -0.2) is 0 Å². The minimum absolute atomic E-state index is 0.280. The molecule has 4 nitrogen and oxygen atoms in total. The number of hydrogen-bond acceptors (Lipinski definition) is 4. The molecule has 0 atom stereocenters. The number of pyridine rings is 1. The van der Waals surface area contributed by atoms with Crippen molar-refractivity contribution < 1.29 is 4.74 Å². The van der Waals surface area contributed by atoms with E-state index in [1.807, 2.05) is 24.4 Å². The molecule has 1 fully saturated rings. The van der Waals surface area contributed by atoms with Gasteiger partial charge >= 0.3 is 0 Å². The lowest BCUT2D eigenvalue weighted by molar-refractivity contribution is 0.115. The van der Waals surface area contributed by atoms with Crippen molar-refractivity contribution in [2.24, 2.45) is 5.73 Å². The van der Waals surface area contributed by atoms with Crippen LogP contribution in [0.1, 0.15) is 18.4 Å². The van der Waals surface area contributed by atoms with Gasteiger partial charge in [0.15, 0.2) is 0 Å². The topological polar surface area (TPSA) is 51.4 Å². The van der Waals surface area contributed by atoms with Crippen LogP contribution < -0.4 is 10.5 Å². The molecule has 2 aromatic rings. The summed E-state index contributed by atoms with van der Waals surface area (Å²) in [5, 5.41) is 1.06. The zero-order chi connectivity index (χ0) is 13.9. The van der Waals surface area contributed by atoms with E-state index in [1.165, 1.54) is 0 Å². The van der Waals surface area contributed by atoms with Gasteiger partial charge in [-0.15, -0.1) is 0 Å². The second kappa shape index (κ2) is 5.77. The molecule has 0 aliphatic carbocycles. The Hall–Kier alpha value is -1.65. The van der Waals surface area contributed by atoms with E-state index in [4.69, 9.17) is 10.5 Å². The second-order valence-corrected chi connectivity index (χ2v) is 5.45. The van der Waals surface area contributed by atoms with Gasteiger partial charge in [0.1, 0.15) is 11.9 Å². The first-order valence-corrected chi connectivity index (χ1v) is 7.20. The van der Waals surface area contributed by atoms with Crippen LogP contribution in [0.25, 0.3) is 10.9 Å². The van der Waals surface area contributed by atoms with Gasteiger partial charge in [-0.05, 0) is 32.0 Å². The minimum Gasteiger partial charge on any atom is -0.489 e. The maximum atomic E-state index is 6.29. The lowest BCUT2D eigenvalue weighted by Gasteiger charge is -2.30. The fourth-order valence-corrected chi connectivity index (χ4v) is 2.71. The van der Waals surface area contributed by atoms with E-state index < -0.39 is 0 Å². The highest BCUT2D eigenvalue weighted by Crippen LogP contribution is 2.30. The summed E-state index contributed by atoms with van der Waals surface area (Å²) in [6.45, 7) is 2.64. The lowest BCUT2D eigenvalue weighted by atomic mass is 10.1. The molecule has 0 spiro atoms. The number of hydrogen-bond donors (Lipinski definition) is 1. The molecule has 0 amide bonds. The van der Waals surface area contributed by atoms with Gasteiger partial charge in [-0.2, -0.15) is 0 Å². The van der Waals surface area contributed by atoms with Crippen molar-refractivity contribution in [3.63, 3.8) is 0 Å². The van der Waals surface area contributed by atoms with Crippen LogP contribution >= 0.6 is 0 Å². The van der Waals surface area contributed by atoms with Crippen LogP contribution in [0.2, 0.25) is 0 Å². The Labute approximate surface area is 119 Å². The van der Waals surface area contributed by atoms with Gasteiger partial charge in [0.25, 0.3) is 0 Å². The SMILES string of the molecule is CN1CCC(Oc2c(CN)cnc3ccccc23)CC1. The Morgan fingerprint density at radius 3 is 2.80 bits per heavy atom. The summed E-state index contributed by atoms with van der Waals surface area (Å²) in [7, 11) is 2.16. The van der Waals surface area contributed by atoms with E-state index >= 15 is 0 Å². The maximum absolute atomic E-state index is 6.29. The molecular weight excluding hydrogens is 250 g/mol. The molecule has 1 aromatic carbocycles. The molecule has 4 heteroatoms. The largest absolute Gasteiger partial charge is 0.489 e. The molecule has 0 bridgehead atoms. The summed E-state index contributed by atoms with van der Waals surface area (Å²) < 4.78 is 6.29. The fraction of sp³-hybridized carbons (Fsp3) is 0.438. The van der Waals surface area contributed by atoms with Crippen LogP contribution in [0.5, 0.6) is 5.75 Å². The smallest absolute Gasteiger partial charge is 0.135 e. The third-order valence-corrected chi connectivity index (χ3v) is 3.97. The summed E-state index contributed by atoms with van der Waals surface area (Å²) >= 11 is 0. The predicted octanol–water partition coefficient (Wildman–Crippen LogP) is 2.17. The van der Waals surface area contributed by atoms with Crippen LogP contribution in [0.15, 0.2) is 30.5 Å². The fourth-order valence-electron chi connectivity index (χ4n) is 2.71. The lowest BCUT2D eigenvalue weighted by Crippen LogP contribution is -2.35. The Morgan fingerprint density at radius 2 is 2.05 bits per heavy atom. The maximum Gasteiger partial charge on any atom is 0.135 e. The minimum atomic E-state index is 0.280. The van der Waals surface area contributed by atoms with E-state index in [9.17, 15) is 0 Å². The number of piperidine rings is 1. The summed E-state index contributed by atoms with van der Waals surface area (Å²) in [5.74, 6) is 0.924. The van der Waals surface area contributed by atoms with Crippen LogP contribution in [0.4, 0.5) is 0 Å². The van der Waals surface area contributed by atoms with E-state index in [0.29, 0.717) is 6.54 Å². The summed E-state index contributed by atoms with van der Waals surface area (Å²) in [6.07, 6.45) is 4.25. The number of likely N-dealkylation sites (tertiary alicyclic amines) is 1. The van der Waals surface area contributed by atoms with Crippen LogP contribution in [0.3, 0.4) is 0 Å². The third-order valence-electron chi connectivity index (χ3n) is 3.97. The number of rotatable bonds is 3. The normalized spacial score (nSPS) is 17.5. The van der Waals surface area contributed by atoms with E-state index in [2.05, 4.69) is 23.0 Å². The van der Waals surface area contributed by atoms with Gasteiger partial charge in [-0.1, -0.05) is 12.1 Å². The molecule has 0 unspecified atom stereocenters. The van der Waals surface area contributed by atoms with E-state index in [1.54, 1.807) is 0 Å². The average Bonchev–Trinajstić information content (AvgIpc) is 2.50. The zero-order valence-corrected chi connectivity index (χ0v) is 11.9. The first-order chi connectivity index (χ1) is 9.78. The molecule has 0 radical (unpaired) electrons. The van der Waals surface area contributed by atoms with Crippen LogP contribution in [0, 0.1) is 0 Å². The molecule has 1 aromatic heterocycles. The first kappa shape index (κ1) is 13.3. The molecule has 106 valence electrons. The highest BCUT2D eigenvalue weighted by molar-refractivity contribution is 5.86. The number of nitrogens with two attached hydrogens (primary N) is 1. The monoisotopic (exact) mass is 271 g/mol. The Bertz CT molecular complexity index is 591. The van der Waals surface area contributed by atoms with Crippen molar-refractivity contribution in [2.75, 3.05) is 20.1 Å². The standard InChI is InChI=1S/C16H21N3O/c1-19-8-6-13(7-9-19)20-16-12(10-17)11-18-15-5-3-2-4-14(15)16/h2-5,11,13H,6-10,17H2,1H3. The second-order valence-electron chi connectivity index (χ2n) is 5.45. The van der Waals surface area contributed by atoms with Crippen LogP contribution in [-0.2, 0) is 6.54 Å². The molecule has 2 N–H and O–H groups in total. The summed E-state index contributed by atoms with van der Waals surface area (Å²) in [5.41, 5.74) is 7.79. The highest BCUT2D eigenvalue weighted by Gasteiger charge is 2.20. The molecule has 1 aliphatic heterocycles. The van der Waals surface area contributed by atoms with E-state index in [0.717, 1.165) is 48.1 Å². The first-order valence-electron chi connectivity index (χ1n) is 7.20. The van der Waals surface area contributed by atoms with Gasteiger partial charge in [0.2, 0.25) is 0 Å².